The molecule has 0 aliphatic rings. The maximum atomic E-state index is 11.5. The van der Waals surface area contributed by atoms with Crippen LogP contribution in [0.25, 0.3) is 0 Å². The summed E-state index contributed by atoms with van der Waals surface area (Å²) in [7, 11) is 3.68. The zero-order chi connectivity index (χ0) is 11.2. The van der Waals surface area contributed by atoms with Crippen LogP contribution in [-0.4, -0.2) is 39.3 Å². The SMILES string of the molecule is CNCC(CNC)OC(=O)C(C)(C)C. The van der Waals surface area contributed by atoms with Crippen LogP contribution in [-0.2, 0) is 9.53 Å². The first kappa shape index (κ1) is 13.4. The van der Waals surface area contributed by atoms with Gasteiger partial charge in [-0.15, -0.1) is 0 Å². The molecule has 0 spiro atoms. The van der Waals surface area contributed by atoms with E-state index in [4.69, 9.17) is 4.74 Å². The lowest BCUT2D eigenvalue weighted by atomic mass is 9.97. The van der Waals surface area contributed by atoms with Gasteiger partial charge in [0.1, 0.15) is 6.10 Å². The van der Waals surface area contributed by atoms with Crippen molar-refractivity contribution >= 4 is 5.97 Å². The van der Waals surface area contributed by atoms with Gasteiger partial charge in [0, 0.05) is 13.1 Å². The van der Waals surface area contributed by atoms with Gasteiger partial charge in [0.15, 0.2) is 0 Å². The van der Waals surface area contributed by atoms with Crippen LogP contribution in [0.2, 0.25) is 0 Å². The quantitative estimate of drug-likeness (QED) is 0.633. The van der Waals surface area contributed by atoms with Crippen molar-refractivity contribution in [3.63, 3.8) is 0 Å². The first-order valence-electron chi connectivity index (χ1n) is 4.92. The summed E-state index contributed by atoms with van der Waals surface area (Å²) < 4.78 is 5.33. The fourth-order valence-corrected chi connectivity index (χ4v) is 0.939. The molecule has 0 amide bonds. The van der Waals surface area contributed by atoms with Crippen LogP contribution in [0.5, 0.6) is 0 Å². The Morgan fingerprint density at radius 2 is 1.64 bits per heavy atom. The molecule has 4 heteroatoms. The summed E-state index contributed by atoms with van der Waals surface area (Å²) in [4.78, 5) is 11.5. The van der Waals surface area contributed by atoms with Crippen molar-refractivity contribution < 1.29 is 9.53 Å². The Hall–Kier alpha value is -0.610. The van der Waals surface area contributed by atoms with E-state index >= 15 is 0 Å². The smallest absolute Gasteiger partial charge is 0.311 e. The number of esters is 1. The van der Waals surface area contributed by atoms with E-state index in [2.05, 4.69) is 10.6 Å². The van der Waals surface area contributed by atoms with Crippen molar-refractivity contribution in [1.29, 1.82) is 0 Å². The molecule has 14 heavy (non-hydrogen) atoms. The second-order valence-corrected chi connectivity index (χ2v) is 4.39. The van der Waals surface area contributed by atoms with Crippen LogP contribution >= 0.6 is 0 Å². The van der Waals surface area contributed by atoms with Gasteiger partial charge in [0.05, 0.1) is 5.41 Å². The standard InChI is InChI=1S/C10H22N2O2/c1-10(2,3)9(13)14-8(6-11-4)7-12-5/h8,11-12H,6-7H2,1-5H3. The minimum Gasteiger partial charge on any atom is -0.459 e. The maximum absolute atomic E-state index is 11.5. The third-order valence-electron chi connectivity index (χ3n) is 1.75. The molecule has 0 radical (unpaired) electrons. The highest BCUT2D eigenvalue weighted by atomic mass is 16.5. The van der Waals surface area contributed by atoms with E-state index < -0.39 is 5.41 Å². The largest absolute Gasteiger partial charge is 0.459 e. The highest BCUT2D eigenvalue weighted by Crippen LogP contribution is 2.16. The first-order chi connectivity index (χ1) is 6.41. The molecule has 0 aliphatic carbocycles. The fourth-order valence-electron chi connectivity index (χ4n) is 0.939. The number of hydrogen-bond donors (Lipinski definition) is 2. The molecule has 0 aromatic heterocycles. The van der Waals surface area contributed by atoms with Gasteiger partial charge in [0.25, 0.3) is 0 Å². The molecule has 0 saturated carbocycles. The molecule has 0 aromatic rings. The van der Waals surface area contributed by atoms with E-state index in [1.807, 2.05) is 34.9 Å². The topological polar surface area (TPSA) is 50.4 Å². The van der Waals surface area contributed by atoms with Crippen LogP contribution in [0.3, 0.4) is 0 Å². The number of likely N-dealkylation sites (N-methyl/N-ethyl adjacent to an activating group) is 2. The monoisotopic (exact) mass is 202 g/mol. The third kappa shape index (κ3) is 5.19. The van der Waals surface area contributed by atoms with Crippen LogP contribution in [0.15, 0.2) is 0 Å². The predicted molar refractivity (Wildman–Crippen MR) is 57.2 cm³/mol. The third-order valence-corrected chi connectivity index (χ3v) is 1.75. The number of ether oxygens (including phenoxy) is 1. The summed E-state index contributed by atoms with van der Waals surface area (Å²) in [6.45, 7) is 6.90. The molecule has 2 N–H and O–H groups in total. The number of hydrogen-bond acceptors (Lipinski definition) is 4. The summed E-state index contributed by atoms with van der Waals surface area (Å²) in [5.74, 6) is -0.159. The Bertz CT molecular complexity index is 169. The average molecular weight is 202 g/mol. The Morgan fingerprint density at radius 1 is 1.21 bits per heavy atom. The van der Waals surface area contributed by atoms with E-state index in [1.54, 1.807) is 0 Å². The lowest BCUT2D eigenvalue weighted by Crippen LogP contribution is -2.39. The van der Waals surface area contributed by atoms with E-state index in [0.29, 0.717) is 13.1 Å². The molecule has 0 aromatic carbocycles. The maximum Gasteiger partial charge on any atom is 0.311 e. The molecule has 0 atom stereocenters. The summed E-state index contributed by atoms with van der Waals surface area (Å²) >= 11 is 0. The van der Waals surface area contributed by atoms with Gasteiger partial charge in [-0.25, -0.2) is 0 Å². The van der Waals surface area contributed by atoms with E-state index in [1.165, 1.54) is 0 Å². The number of carbonyl (C=O) groups excluding carboxylic acids is 1. The van der Waals surface area contributed by atoms with Crippen molar-refractivity contribution in [3.05, 3.63) is 0 Å². The lowest BCUT2D eigenvalue weighted by molar-refractivity contribution is -0.158. The molecule has 0 saturated heterocycles. The molecule has 0 bridgehead atoms. The Kier molecular flexibility index (Phi) is 5.72. The normalized spacial score (nSPS) is 11.9. The van der Waals surface area contributed by atoms with Crippen LogP contribution in [0.1, 0.15) is 20.8 Å². The van der Waals surface area contributed by atoms with Crippen molar-refractivity contribution in [2.75, 3.05) is 27.2 Å². The minimum atomic E-state index is -0.431. The second kappa shape index (κ2) is 5.98. The van der Waals surface area contributed by atoms with Crippen LogP contribution in [0.4, 0.5) is 0 Å². The molecule has 0 unspecified atom stereocenters. The van der Waals surface area contributed by atoms with E-state index in [0.717, 1.165) is 0 Å². The van der Waals surface area contributed by atoms with Crippen LogP contribution < -0.4 is 10.6 Å². The lowest BCUT2D eigenvalue weighted by Gasteiger charge is -2.23. The van der Waals surface area contributed by atoms with Gasteiger partial charge in [-0.05, 0) is 34.9 Å². The predicted octanol–water partition coefficient (Wildman–Crippen LogP) is 0.383. The zero-order valence-corrected chi connectivity index (χ0v) is 9.81. The van der Waals surface area contributed by atoms with Gasteiger partial charge >= 0.3 is 5.97 Å². The molecule has 84 valence electrons. The second-order valence-electron chi connectivity index (χ2n) is 4.39. The molecular weight excluding hydrogens is 180 g/mol. The Balaban J connectivity index is 4.08. The van der Waals surface area contributed by atoms with Gasteiger partial charge in [-0.1, -0.05) is 0 Å². The summed E-state index contributed by atoms with van der Waals surface area (Å²) in [6.07, 6.45) is -0.100. The molecule has 0 rings (SSSR count). The molecular formula is C10H22N2O2. The molecule has 0 aliphatic heterocycles. The molecule has 0 fully saturated rings. The van der Waals surface area contributed by atoms with Crippen molar-refractivity contribution in [2.45, 2.75) is 26.9 Å². The summed E-state index contributed by atoms with van der Waals surface area (Å²) in [6, 6.07) is 0. The van der Waals surface area contributed by atoms with Gasteiger partial charge in [0.2, 0.25) is 0 Å². The minimum absolute atomic E-state index is 0.100. The van der Waals surface area contributed by atoms with Crippen molar-refractivity contribution in [3.8, 4) is 0 Å². The van der Waals surface area contributed by atoms with Crippen molar-refractivity contribution in [2.24, 2.45) is 5.41 Å². The zero-order valence-electron chi connectivity index (χ0n) is 9.81. The average Bonchev–Trinajstić information content (AvgIpc) is 2.03. The Morgan fingerprint density at radius 3 is 1.93 bits per heavy atom. The summed E-state index contributed by atoms with van der Waals surface area (Å²) in [5.41, 5.74) is -0.431. The van der Waals surface area contributed by atoms with E-state index in [9.17, 15) is 4.79 Å². The number of nitrogens with one attached hydrogen (secondary N) is 2. The number of carbonyl (C=O) groups is 1. The van der Waals surface area contributed by atoms with Crippen molar-refractivity contribution in [1.82, 2.24) is 10.6 Å². The van der Waals surface area contributed by atoms with Crippen LogP contribution in [0, 0.1) is 5.41 Å². The fraction of sp³-hybridized carbons (Fsp3) is 0.900. The molecule has 4 nitrogen and oxygen atoms in total. The Labute approximate surface area is 86.4 Å². The van der Waals surface area contributed by atoms with Gasteiger partial charge in [-0.2, -0.15) is 0 Å². The molecule has 0 heterocycles. The van der Waals surface area contributed by atoms with Gasteiger partial charge < -0.3 is 15.4 Å². The first-order valence-corrected chi connectivity index (χ1v) is 4.92. The van der Waals surface area contributed by atoms with E-state index in [-0.39, 0.29) is 12.1 Å². The van der Waals surface area contributed by atoms with Gasteiger partial charge in [-0.3, -0.25) is 4.79 Å². The highest BCUT2D eigenvalue weighted by Gasteiger charge is 2.25. The number of rotatable bonds is 5. The summed E-state index contributed by atoms with van der Waals surface area (Å²) in [5, 5.41) is 5.98. The highest BCUT2D eigenvalue weighted by molar-refractivity contribution is 5.75.